The van der Waals surface area contributed by atoms with Crippen LogP contribution in [0.2, 0.25) is 5.02 Å². The van der Waals surface area contributed by atoms with Crippen molar-refractivity contribution < 1.29 is 14.0 Å². The van der Waals surface area contributed by atoms with Gasteiger partial charge in [-0.2, -0.15) is 0 Å². The second-order valence-corrected chi connectivity index (χ2v) is 7.21. The van der Waals surface area contributed by atoms with E-state index in [9.17, 15) is 14.0 Å². The quantitative estimate of drug-likeness (QED) is 0.848. The van der Waals surface area contributed by atoms with Crippen LogP contribution in [0.4, 0.5) is 4.39 Å². The zero-order valence-corrected chi connectivity index (χ0v) is 14.7. The molecule has 1 aliphatic heterocycles. The minimum Gasteiger partial charge on any atom is -0.329 e. The van der Waals surface area contributed by atoms with E-state index in [2.05, 4.69) is 5.32 Å². The van der Waals surface area contributed by atoms with Gasteiger partial charge in [-0.15, -0.1) is 0 Å². The molecule has 1 N–H and O–H groups in total. The molecule has 0 radical (unpaired) electrons. The summed E-state index contributed by atoms with van der Waals surface area (Å²) in [5.41, 5.74) is 3.05. The Bertz CT molecular complexity index is 920. The van der Waals surface area contributed by atoms with Crippen molar-refractivity contribution in [3.63, 3.8) is 0 Å². The molecule has 2 aromatic rings. The maximum Gasteiger partial charge on any atom is 0.225 e. The van der Waals surface area contributed by atoms with Crippen LogP contribution in [0.25, 0.3) is 0 Å². The molecule has 1 aliphatic carbocycles. The molecule has 0 spiro atoms. The predicted octanol–water partition coefficient (Wildman–Crippen LogP) is 4.48. The van der Waals surface area contributed by atoms with E-state index >= 15 is 0 Å². The van der Waals surface area contributed by atoms with E-state index < -0.39 is 0 Å². The Labute approximate surface area is 155 Å². The van der Waals surface area contributed by atoms with Gasteiger partial charge in [-0.3, -0.25) is 9.59 Å². The summed E-state index contributed by atoms with van der Waals surface area (Å²) in [6, 6.07) is 13.5. The number of hydrogen-bond acceptors (Lipinski definition) is 2. The molecule has 1 amide bonds. The summed E-state index contributed by atoms with van der Waals surface area (Å²) >= 11 is 6.32. The Balaban J connectivity index is 1.73. The second kappa shape index (κ2) is 6.69. The Morgan fingerprint density at radius 3 is 2.42 bits per heavy atom. The van der Waals surface area contributed by atoms with E-state index in [0.717, 1.165) is 11.1 Å². The van der Waals surface area contributed by atoms with Crippen molar-refractivity contribution in [2.75, 3.05) is 0 Å². The largest absolute Gasteiger partial charge is 0.329 e. The van der Waals surface area contributed by atoms with E-state index in [1.807, 2.05) is 18.2 Å². The molecule has 132 valence electrons. The van der Waals surface area contributed by atoms with Gasteiger partial charge in [-0.1, -0.05) is 41.9 Å². The van der Waals surface area contributed by atoms with Gasteiger partial charge in [-0.05, 0) is 41.7 Å². The summed E-state index contributed by atoms with van der Waals surface area (Å²) in [6.07, 6.45) is 1.12. The highest BCUT2D eigenvalue weighted by atomic mass is 35.5. The minimum atomic E-state index is -0.311. The molecule has 0 saturated heterocycles. The molecule has 2 aliphatic rings. The molecule has 26 heavy (non-hydrogen) atoms. The molecule has 4 rings (SSSR count). The van der Waals surface area contributed by atoms with Gasteiger partial charge in [0.15, 0.2) is 5.78 Å². The summed E-state index contributed by atoms with van der Waals surface area (Å²) in [7, 11) is 0. The van der Waals surface area contributed by atoms with Crippen LogP contribution in [0.1, 0.15) is 42.2 Å². The topological polar surface area (TPSA) is 46.2 Å². The van der Waals surface area contributed by atoms with Gasteiger partial charge in [0.25, 0.3) is 0 Å². The number of rotatable bonds is 2. The van der Waals surface area contributed by atoms with Crippen LogP contribution in [0.5, 0.6) is 0 Å². The van der Waals surface area contributed by atoms with Gasteiger partial charge >= 0.3 is 0 Å². The van der Waals surface area contributed by atoms with Crippen molar-refractivity contribution in [3.05, 3.63) is 81.8 Å². The maximum atomic E-state index is 13.2. The molecule has 3 nitrogen and oxygen atoms in total. The molecule has 0 aromatic heterocycles. The van der Waals surface area contributed by atoms with Crippen LogP contribution in [0.3, 0.4) is 0 Å². The fourth-order valence-corrected chi connectivity index (χ4v) is 4.22. The van der Waals surface area contributed by atoms with Gasteiger partial charge < -0.3 is 5.32 Å². The van der Waals surface area contributed by atoms with Crippen molar-refractivity contribution in [1.82, 2.24) is 5.32 Å². The first kappa shape index (κ1) is 17.0. The number of halogens is 2. The summed E-state index contributed by atoms with van der Waals surface area (Å²) in [5, 5.41) is 3.44. The first-order valence-electron chi connectivity index (χ1n) is 8.59. The first-order chi connectivity index (χ1) is 12.5. The van der Waals surface area contributed by atoms with E-state index in [1.165, 1.54) is 12.1 Å². The Kier molecular flexibility index (Phi) is 4.37. The van der Waals surface area contributed by atoms with Crippen molar-refractivity contribution >= 4 is 23.3 Å². The Morgan fingerprint density at radius 2 is 1.69 bits per heavy atom. The molecule has 1 heterocycles. The zero-order valence-electron chi connectivity index (χ0n) is 14.0. The van der Waals surface area contributed by atoms with E-state index in [-0.39, 0.29) is 35.8 Å². The number of carbonyl (C=O) groups is 2. The lowest BCUT2D eigenvalue weighted by molar-refractivity contribution is -0.122. The first-order valence-corrected chi connectivity index (χ1v) is 8.96. The van der Waals surface area contributed by atoms with E-state index in [1.54, 1.807) is 18.2 Å². The number of carbonyl (C=O) groups excluding carboxylic acids is 2. The Morgan fingerprint density at radius 1 is 0.962 bits per heavy atom. The van der Waals surface area contributed by atoms with Gasteiger partial charge in [0.1, 0.15) is 5.82 Å². The standard InChI is InChI=1S/C21H17ClFNO2/c22-17-4-2-1-3-15(17)16-11-20(26)24-18-9-13(10-19(25)21(16)18)12-5-7-14(23)8-6-12/h1-8,13,16H,9-11H2,(H,24,26)/t13-,16-/m1/s1. The summed E-state index contributed by atoms with van der Waals surface area (Å²) in [4.78, 5) is 25.2. The molecule has 2 atom stereocenters. The van der Waals surface area contributed by atoms with Crippen LogP contribution in [-0.4, -0.2) is 11.7 Å². The molecular formula is C21H17ClFNO2. The van der Waals surface area contributed by atoms with Crippen molar-refractivity contribution in [2.24, 2.45) is 0 Å². The highest BCUT2D eigenvalue weighted by Gasteiger charge is 2.38. The lowest BCUT2D eigenvalue weighted by atomic mass is 9.73. The predicted molar refractivity (Wildman–Crippen MR) is 97.4 cm³/mol. The molecule has 2 aromatic carbocycles. The van der Waals surface area contributed by atoms with Gasteiger partial charge in [0.2, 0.25) is 5.91 Å². The third-order valence-electron chi connectivity index (χ3n) is 5.16. The number of amides is 1. The van der Waals surface area contributed by atoms with Crippen LogP contribution in [0, 0.1) is 5.82 Å². The van der Waals surface area contributed by atoms with Crippen molar-refractivity contribution in [3.8, 4) is 0 Å². The third kappa shape index (κ3) is 3.06. The molecular weight excluding hydrogens is 353 g/mol. The lowest BCUT2D eigenvalue weighted by Crippen LogP contribution is -2.38. The number of allylic oxidation sites excluding steroid dienone is 2. The Hall–Kier alpha value is -2.46. The maximum absolute atomic E-state index is 13.2. The second-order valence-electron chi connectivity index (χ2n) is 6.80. The number of hydrogen-bond donors (Lipinski definition) is 1. The van der Waals surface area contributed by atoms with Crippen LogP contribution < -0.4 is 5.32 Å². The van der Waals surface area contributed by atoms with Crippen LogP contribution in [-0.2, 0) is 9.59 Å². The highest BCUT2D eigenvalue weighted by molar-refractivity contribution is 6.31. The van der Waals surface area contributed by atoms with Crippen molar-refractivity contribution in [1.29, 1.82) is 0 Å². The SMILES string of the molecule is O=C1C[C@H](c2ccccc2Cl)C2=C(C[C@@H](c3ccc(F)cc3)CC2=O)N1. The third-order valence-corrected chi connectivity index (χ3v) is 5.50. The number of benzene rings is 2. The number of Topliss-reactive ketones (excluding diaryl/α,β-unsaturated/α-hetero) is 1. The summed E-state index contributed by atoms with van der Waals surface area (Å²) in [5.74, 6) is -0.770. The monoisotopic (exact) mass is 369 g/mol. The van der Waals surface area contributed by atoms with E-state index in [4.69, 9.17) is 11.6 Å². The average Bonchev–Trinajstić information content (AvgIpc) is 2.61. The number of ketones is 1. The summed E-state index contributed by atoms with van der Waals surface area (Å²) < 4.78 is 13.2. The average molecular weight is 370 g/mol. The smallest absolute Gasteiger partial charge is 0.225 e. The lowest BCUT2D eigenvalue weighted by Gasteiger charge is -2.34. The van der Waals surface area contributed by atoms with Crippen LogP contribution in [0.15, 0.2) is 59.8 Å². The molecule has 0 fully saturated rings. The van der Waals surface area contributed by atoms with E-state index in [0.29, 0.717) is 29.1 Å². The summed E-state index contributed by atoms with van der Waals surface area (Å²) in [6.45, 7) is 0. The van der Waals surface area contributed by atoms with Gasteiger partial charge in [0, 0.05) is 35.1 Å². The van der Waals surface area contributed by atoms with Gasteiger partial charge in [0.05, 0.1) is 0 Å². The fourth-order valence-electron chi connectivity index (χ4n) is 3.95. The molecule has 0 bridgehead atoms. The fraction of sp³-hybridized carbons (Fsp3) is 0.238. The minimum absolute atomic E-state index is 0.0190. The normalized spacial score (nSPS) is 22.8. The molecule has 5 heteroatoms. The highest BCUT2D eigenvalue weighted by Crippen LogP contribution is 2.43. The molecule has 0 unspecified atom stereocenters. The van der Waals surface area contributed by atoms with Crippen molar-refractivity contribution in [2.45, 2.75) is 31.1 Å². The molecule has 0 saturated carbocycles. The van der Waals surface area contributed by atoms with Gasteiger partial charge in [-0.25, -0.2) is 4.39 Å². The number of nitrogens with one attached hydrogen (secondary N) is 1. The van der Waals surface area contributed by atoms with Crippen LogP contribution >= 0.6 is 11.6 Å². The zero-order chi connectivity index (χ0) is 18.3.